The summed E-state index contributed by atoms with van der Waals surface area (Å²) in [5.74, 6) is 0.207. The molecule has 2 rings (SSSR count). The molecule has 1 aliphatic heterocycles. The number of benzene rings is 1. The summed E-state index contributed by atoms with van der Waals surface area (Å²) < 4.78 is 5.80. The Morgan fingerprint density at radius 3 is 2.57 bits per heavy atom. The van der Waals surface area contributed by atoms with Crippen LogP contribution in [0.2, 0.25) is 0 Å². The highest BCUT2D eigenvalue weighted by Crippen LogP contribution is 2.10. The van der Waals surface area contributed by atoms with Crippen LogP contribution in [0.3, 0.4) is 0 Å². The number of morpholine rings is 1. The van der Waals surface area contributed by atoms with Gasteiger partial charge in [-0.15, -0.1) is 0 Å². The molecule has 2 atom stereocenters. The Bertz CT molecular complexity index is 660. The van der Waals surface area contributed by atoms with Gasteiger partial charge in [-0.3, -0.25) is 14.5 Å². The minimum absolute atomic E-state index is 0.0160. The summed E-state index contributed by atoms with van der Waals surface area (Å²) in [6, 6.07) is 6.81. The summed E-state index contributed by atoms with van der Waals surface area (Å²) in [5, 5.41) is 5.87. The van der Waals surface area contributed by atoms with E-state index in [0.29, 0.717) is 24.6 Å². The van der Waals surface area contributed by atoms with E-state index >= 15 is 0 Å². The minimum atomic E-state index is -0.581. The number of nitrogens with zero attached hydrogens (tertiary/aromatic N) is 1. The number of nitrogens with one attached hydrogen (secondary N) is 2. The van der Waals surface area contributed by atoms with Crippen LogP contribution in [0.25, 0.3) is 0 Å². The SMILES string of the molecule is Cc1ccccc1C(=O)NC(C(=O)NCC1CN(CC(C)C)CCO1)C(C)C. The smallest absolute Gasteiger partial charge is 0.252 e. The van der Waals surface area contributed by atoms with Crippen molar-refractivity contribution in [1.82, 2.24) is 15.5 Å². The Morgan fingerprint density at radius 2 is 1.93 bits per heavy atom. The first-order chi connectivity index (χ1) is 13.3. The van der Waals surface area contributed by atoms with Gasteiger partial charge in [0.2, 0.25) is 5.91 Å². The molecule has 1 fully saturated rings. The van der Waals surface area contributed by atoms with E-state index in [1.54, 1.807) is 6.07 Å². The molecule has 0 bridgehead atoms. The Hall–Kier alpha value is -1.92. The van der Waals surface area contributed by atoms with Gasteiger partial charge in [0, 0.05) is 31.7 Å². The summed E-state index contributed by atoms with van der Waals surface area (Å²) >= 11 is 0. The van der Waals surface area contributed by atoms with E-state index in [1.807, 2.05) is 39.0 Å². The van der Waals surface area contributed by atoms with Crippen molar-refractivity contribution in [2.45, 2.75) is 46.8 Å². The number of aryl methyl sites for hydroxylation is 1. The van der Waals surface area contributed by atoms with Gasteiger partial charge < -0.3 is 15.4 Å². The molecule has 156 valence electrons. The third-order valence-electron chi connectivity index (χ3n) is 4.98. The predicted octanol–water partition coefficient (Wildman–Crippen LogP) is 2.22. The maximum Gasteiger partial charge on any atom is 0.252 e. The number of amides is 2. The Kier molecular flexibility index (Phi) is 8.45. The van der Waals surface area contributed by atoms with E-state index in [4.69, 9.17) is 4.74 Å². The first-order valence-corrected chi connectivity index (χ1v) is 10.3. The zero-order valence-electron chi connectivity index (χ0n) is 17.8. The number of hydrogen-bond acceptors (Lipinski definition) is 4. The van der Waals surface area contributed by atoms with E-state index < -0.39 is 6.04 Å². The second-order valence-electron chi connectivity index (χ2n) is 8.40. The first-order valence-electron chi connectivity index (χ1n) is 10.3. The van der Waals surface area contributed by atoms with Crippen molar-refractivity contribution in [3.05, 3.63) is 35.4 Å². The fraction of sp³-hybridized carbons (Fsp3) is 0.636. The lowest BCUT2D eigenvalue weighted by atomic mass is 10.0. The van der Waals surface area contributed by atoms with Crippen molar-refractivity contribution in [3.8, 4) is 0 Å². The van der Waals surface area contributed by atoms with Gasteiger partial charge in [-0.2, -0.15) is 0 Å². The fourth-order valence-corrected chi connectivity index (χ4v) is 3.49. The van der Waals surface area contributed by atoms with Crippen LogP contribution in [0.5, 0.6) is 0 Å². The number of hydrogen-bond donors (Lipinski definition) is 2. The number of carbonyl (C=O) groups is 2. The Morgan fingerprint density at radius 1 is 1.21 bits per heavy atom. The van der Waals surface area contributed by atoms with Crippen LogP contribution in [-0.4, -0.2) is 61.6 Å². The highest BCUT2D eigenvalue weighted by Gasteiger charge is 2.27. The van der Waals surface area contributed by atoms with Crippen LogP contribution in [0.4, 0.5) is 0 Å². The van der Waals surface area contributed by atoms with Gasteiger partial charge in [-0.1, -0.05) is 45.9 Å². The molecule has 6 heteroatoms. The van der Waals surface area contributed by atoms with E-state index in [9.17, 15) is 9.59 Å². The molecule has 1 aromatic carbocycles. The van der Waals surface area contributed by atoms with Crippen LogP contribution in [0.1, 0.15) is 43.6 Å². The Balaban J connectivity index is 1.90. The molecule has 28 heavy (non-hydrogen) atoms. The average Bonchev–Trinajstić information content (AvgIpc) is 2.64. The number of carbonyl (C=O) groups excluding carboxylic acids is 2. The molecule has 0 saturated carbocycles. The molecule has 2 N–H and O–H groups in total. The lowest BCUT2D eigenvalue weighted by Gasteiger charge is -2.34. The van der Waals surface area contributed by atoms with Gasteiger partial charge in [0.15, 0.2) is 0 Å². The normalized spacial score (nSPS) is 18.9. The second kappa shape index (κ2) is 10.6. The maximum absolute atomic E-state index is 12.7. The molecule has 0 aromatic heterocycles. The van der Waals surface area contributed by atoms with Crippen LogP contribution in [0, 0.1) is 18.8 Å². The van der Waals surface area contributed by atoms with Crippen LogP contribution in [-0.2, 0) is 9.53 Å². The van der Waals surface area contributed by atoms with Gasteiger partial charge in [-0.25, -0.2) is 0 Å². The molecule has 0 aliphatic carbocycles. The standard InChI is InChI=1S/C22H35N3O3/c1-15(2)13-25-10-11-28-18(14-25)12-23-22(27)20(16(3)4)24-21(26)19-9-7-6-8-17(19)5/h6-9,15-16,18,20H,10-14H2,1-5H3,(H,23,27)(H,24,26). The molecule has 1 aliphatic rings. The lowest BCUT2D eigenvalue weighted by molar-refractivity contribution is -0.125. The van der Waals surface area contributed by atoms with Crippen molar-refractivity contribution in [2.24, 2.45) is 11.8 Å². The van der Waals surface area contributed by atoms with Crippen LogP contribution in [0.15, 0.2) is 24.3 Å². The summed E-state index contributed by atoms with van der Waals surface area (Å²) in [6.45, 7) is 14.1. The molecule has 1 aromatic rings. The summed E-state index contributed by atoms with van der Waals surface area (Å²) in [5.41, 5.74) is 1.49. The zero-order chi connectivity index (χ0) is 20.7. The van der Waals surface area contributed by atoms with Crippen LogP contribution < -0.4 is 10.6 Å². The molecule has 0 radical (unpaired) electrons. The van der Waals surface area contributed by atoms with Crippen LogP contribution >= 0.6 is 0 Å². The Labute approximate surface area is 169 Å². The molecular weight excluding hydrogens is 354 g/mol. The maximum atomic E-state index is 12.7. The summed E-state index contributed by atoms with van der Waals surface area (Å²) in [7, 11) is 0. The summed E-state index contributed by atoms with van der Waals surface area (Å²) in [6.07, 6.45) is -0.0173. The van der Waals surface area contributed by atoms with Gasteiger partial charge in [0.25, 0.3) is 5.91 Å². The van der Waals surface area contributed by atoms with Gasteiger partial charge in [0.05, 0.1) is 12.7 Å². The van der Waals surface area contributed by atoms with E-state index in [2.05, 4.69) is 29.4 Å². The highest BCUT2D eigenvalue weighted by molar-refractivity contribution is 5.98. The zero-order valence-corrected chi connectivity index (χ0v) is 17.8. The third kappa shape index (κ3) is 6.60. The van der Waals surface area contributed by atoms with E-state index in [1.165, 1.54) is 0 Å². The lowest BCUT2D eigenvalue weighted by Crippen LogP contribution is -2.53. The van der Waals surface area contributed by atoms with Crippen molar-refractivity contribution < 1.29 is 14.3 Å². The highest BCUT2D eigenvalue weighted by atomic mass is 16.5. The van der Waals surface area contributed by atoms with E-state index in [-0.39, 0.29) is 23.8 Å². The quantitative estimate of drug-likeness (QED) is 0.715. The topological polar surface area (TPSA) is 70.7 Å². The van der Waals surface area contributed by atoms with Crippen molar-refractivity contribution in [1.29, 1.82) is 0 Å². The number of rotatable bonds is 8. The molecule has 2 unspecified atom stereocenters. The van der Waals surface area contributed by atoms with Gasteiger partial charge in [-0.05, 0) is 30.4 Å². The van der Waals surface area contributed by atoms with Gasteiger partial charge >= 0.3 is 0 Å². The molecule has 1 heterocycles. The first kappa shape index (κ1) is 22.4. The van der Waals surface area contributed by atoms with Gasteiger partial charge in [0.1, 0.15) is 6.04 Å². The van der Waals surface area contributed by atoms with E-state index in [0.717, 1.165) is 25.2 Å². The predicted molar refractivity (Wildman–Crippen MR) is 111 cm³/mol. The number of ether oxygens (including phenoxy) is 1. The molecule has 1 saturated heterocycles. The van der Waals surface area contributed by atoms with Crippen molar-refractivity contribution in [3.63, 3.8) is 0 Å². The average molecular weight is 390 g/mol. The molecule has 6 nitrogen and oxygen atoms in total. The molecule has 2 amide bonds. The second-order valence-corrected chi connectivity index (χ2v) is 8.40. The minimum Gasteiger partial charge on any atom is -0.374 e. The molecular formula is C22H35N3O3. The molecule has 0 spiro atoms. The summed E-state index contributed by atoms with van der Waals surface area (Å²) in [4.78, 5) is 27.7. The third-order valence-corrected chi connectivity index (χ3v) is 4.98. The van der Waals surface area contributed by atoms with Crippen molar-refractivity contribution in [2.75, 3.05) is 32.8 Å². The van der Waals surface area contributed by atoms with Crippen molar-refractivity contribution >= 4 is 11.8 Å². The largest absolute Gasteiger partial charge is 0.374 e. The fourth-order valence-electron chi connectivity index (χ4n) is 3.49. The monoisotopic (exact) mass is 389 g/mol.